The fourth-order valence-electron chi connectivity index (χ4n) is 3.74. The third-order valence-electron chi connectivity index (χ3n) is 5.23. The van der Waals surface area contributed by atoms with Crippen molar-refractivity contribution in [1.29, 1.82) is 0 Å². The lowest BCUT2D eigenvalue weighted by Gasteiger charge is -2.23. The van der Waals surface area contributed by atoms with E-state index in [4.69, 9.17) is 9.47 Å². The van der Waals surface area contributed by atoms with Crippen LogP contribution in [-0.2, 0) is 30.3 Å². The number of carbonyl (C=O) groups is 3. The Morgan fingerprint density at radius 3 is 2.25 bits per heavy atom. The van der Waals surface area contributed by atoms with Gasteiger partial charge >= 0.3 is 0 Å². The minimum Gasteiger partial charge on any atom is -0.507 e. The van der Waals surface area contributed by atoms with Crippen molar-refractivity contribution in [2.24, 2.45) is 0 Å². The second kappa shape index (κ2) is 8.42. The Hall–Kier alpha value is -2.89. The van der Waals surface area contributed by atoms with Crippen molar-refractivity contribution >= 4 is 22.9 Å². The average molecular weight is 384 g/mol. The number of phenolic OH excluding ortho intramolecular Hbond substituents is 1. The molecule has 2 aliphatic carbocycles. The van der Waals surface area contributed by atoms with E-state index < -0.39 is 5.78 Å². The predicted molar refractivity (Wildman–Crippen MR) is 102 cm³/mol. The molecule has 1 aromatic carbocycles. The van der Waals surface area contributed by atoms with Gasteiger partial charge in [0, 0.05) is 24.0 Å². The number of Topliss-reactive ketones (excluding diaryl/α,β-unsaturated/α-hetero) is 3. The topological polar surface area (TPSA) is 89.9 Å². The van der Waals surface area contributed by atoms with Gasteiger partial charge in [-0.05, 0) is 43.4 Å². The van der Waals surface area contributed by atoms with Gasteiger partial charge < -0.3 is 14.6 Å². The summed E-state index contributed by atoms with van der Waals surface area (Å²) >= 11 is 0. The number of methoxy groups -OCH3 is 2. The van der Waals surface area contributed by atoms with Crippen molar-refractivity contribution in [3.8, 4) is 5.75 Å². The van der Waals surface area contributed by atoms with Gasteiger partial charge in [-0.1, -0.05) is 12.5 Å². The zero-order chi connectivity index (χ0) is 20.3. The lowest BCUT2D eigenvalue weighted by Crippen LogP contribution is -2.25. The number of hydrogen-bond acceptors (Lipinski definition) is 6. The zero-order valence-electron chi connectivity index (χ0n) is 16.2. The van der Waals surface area contributed by atoms with Crippen LogP contribution in [0.2, 0.25) is 0 Å². The van der Waals surface area contributed by atoms with Crippen LogP contribution in [0.15, 0.2) is 35.3 Å². The first kappa shape index (κ1) is 19.9. The highest BCUT2D eigenvalue weighted by Crippen LogP contribution is 2.38. The number of benzene rings is 1. The standard InChI is InChI=1S/C22H24O6/c1-27-21-15-7-5-3-4-6-14(23)10-8-13-9-11-17(24)16(12-13)18(19(15)25)22(28-2)20(21)26/h9,11-12,24H,3-8,10H2,1-2H3. The van der Waals surface area contributed by atoms with Crippen molar-refractivity contribution in [3.05, 3.63) is 46.4 Å². The highest BCUT2D eigenvalue weighted by atomic mass is 16.5. The summed E-state index contributed by atoms with van der Waals surface area (Å²) in [5.41, 5.74) is 1.39. The molecular weight excluding hydrogens is 360 g/mol. The number of rotatable bonds is 2. The van der Waals surface area contributed by atoms with Crippen LogP contribution < -0.4 is 0 Å². The quantitative estimate of drug-likeness (QED) is 0.787. The number of aryl methyl sites for hydroxylation is 1. The lowest BCUT2D eigenvalue weighted by molar-refractivity contribution is -0.120. The van der Waals surface area contributed by atoms with E-state index in [1.54, 1.807) is 12.1 Å². The van der Waals surface area contributed by atoms with Crippen molar-refractivity contribution < 1.29 is 29.0 Å². The second-order valence-corrected chi connectivity index (χ2v) is 7.03. The number of phenols is 1. The molecular formula is C22H24O6. The van der Waals surface area contributed by atoms with Crippen LogP contribution in [0.25, 0.3) is 5.57 Å². The van der Waals surface area contributed by atoms with E-state index in [1.807, 2.05) is 0 Å². The second-order valence-electron chi connectivity index (χ2n) is 7.03. The molecule has 0 aliphatic heterocycles. The molecule has 0 saturated carbocycles. The van der Waals surface area contributed by atoms with Gasteiger partial charge in [0.05, 0.1) is 19.8 Å². The Kier molecular flexibility index (Phi) is 5.97. The summed E-state index contributed by atoms with van der Waals surface area (Å²) in [6, 6.07) is 4.86. The van der Waals surface area contributed by atoms with Gasteiger partial charge in [-0.15, -0.1) is 0 Å². The van der Waals surface area contributed by atoms with E-state index in [0.29, 0.717) is 32.1 Å². The number of ether oxygens (including phenoxy) is 2. The van der Waals surface area contributed by atoms with Crippen LogP contribution in [0.4, 0.5) is 0 Å². The summed E-state index contributed by atoms with van der Waals surface area (Å²) in [5, 5.41) is 10.4. The molecule has 1 N–H and O–H groups in total. The van der Waals surface area contributed by atoms with E-state index in [2.05, 4.69) is 0 Å². The molecule has 0 spiro atoms. The van der Waals surface area contributed by atoms with Crippen molar-refractivity contribution in [1.82, 2.24) is 0 Å². The van der Waals surface area contributed by atoms with Gasteiger partial charge in [-0.2, -0.15) is 0 Å². The van der Waals surface area contributed by atoms with Gasteiger partial charge in [0.1, 0.15) is 11.5 Å². The molecule has 0 fully saturated rings. The summed E-state index contributed by atoms with van der Waals surface area (Å²) in [7, 11) is 2.67. The largest absolute Gasteiger partial charge is 0.507 e. The first-order valence-electron chi connectivity index (χ1n) is 9.46. The molecule has 0 unspecified atom stereocenters. The van der Waals surface area contributed by atoms with Gasteiger partial charge in [-0.3, -0.25) is 14.4 Å². The summed E-state index contributed by atoms with van der Waals surface area (Å²) in [4.78, 5) is 38.3. The molecule has 6 heteroatoms. The molecule has 4 bridgehead atoms. The predicted octanol–water partition coefficient (Wildman–Crippen LogP) is 3.27. The van der Waals surface area contributed by atoms with E-state index >= 15 is 0 Å². The number of ketones is 3. The summed E-state index contributed by atoms with van der Waals surface area (Å²) in [6.07, 6.45) is 3.98. The van der Waals surface area contributed by atoms with Gasteiger partial charge in [0.25, 0.3) is 5.78 Å². The van der Waals surface area contributed by atoms with Crippen molar-refractivity contribution in [2.45, 2.75) is 44.9 Å². The van der Waals surface area contributed by atoms with Gasteiger partial charge in [-0.25, -0.2) is 0 Å². The Bertz CT molecular complexity index is 890. The Labute approximate surface area is 163 Å². The zero-order valence-corrected chi connectivity index (χ0v) is 16.2. The Morgan fingerprint density at radius 2 is 1.54 bits per heavy atom. The molecule has 0 amide bonds. The normalized spacial score (nSPS) is 18.9. The van der Waals surface area contributed by atoms with E-state index in [9.17, 15) is 19.5 Å². The molecule has 1 aromatic rings. The maximum atomic E-state index is 13.3. The fraction of sp³-hybridized carbons (Fsp3) is 0.409. The summed E-state index contributed by atoms with van der Waals surface area (Å²) < 4.78 is 10.5. The number of allylic oxidation sites excluding steroid dienone is 2. The minimum atomic E-state index is -0.498. The van der Waals surface area contributed by atoms with E-state index in [-0.39, 0.29) is 45.5 Å². The lowest BCUT2D eigenvalue weighted by atomic mass is 9.84. The van der Waals surface area contributed by atoms with Crippen LogP contribution >= 0.6 is 0 Å². The fourth-order valence-corrected chi connectivity index (χ4v) is 3.74. The number of aromatic hydroxyl groups is 1. The van der Waals surface area contributed by atoms with E-state index in [0.717, 1.165) is 18.4 Å². The highest BCUT2D eigenvalue weighted by Gasteiger charge is 2.38. The van der Waals surface area contributed by atoms with Crippen LogP contribution in [0.5, 0.6) is 5.75 Å². The maximum absolute atomic E-state index is 13.3. The highest BCUT2D eigenvalue weighted by molar-refractivity contribution is 6.38. The van der Waals surface area contributed by atoms with Gasteiger partial charge in [0.2, 0.25) is 0 Å². The molecule has 28 heavy (non-hydrogen) atoms. The maximum Gasteiger partial charge on any atom is 0.263 e. The monoisotopic (exact) mass is 384 g/mol. The van der Waals surface area contributed by atoms with Crippen LogP contribution in [0, 0.1) is 0 Å². The minimum absolute atomic E-state index is 0.00980. The third kappa shape index (κ3) is 3.72. The van der Waals surface area contributed by atoms with E-state index in [1.165, 1.54) is 20.3 Å². The molecule has 0 heterocycles. The molecule has 0 saturated heterocycles. The first-order valence-corrected chi connectivity index (χ1v) is 9.46. The van der Waals surface area contributed by atoms with Gasteiger partial charge in [0.15, 0.2) is 17.3 Å². The summed E-state index contributed by atoms with van der Waals surface area (Å²) in [6.45, 7) is 0. The smallest absolute Gasteiger partial charge is 0.263 e. The van der Waals surface area contributed by atoms with Crippen molar-refractivity contribution in [3.63, 3.8) is 0 Å². The molecule has 0 aromatic heterocycles. The molecule has 0 atom stereocenters. The van der Waals surface area contributed by atoms with Crippen molar-refractivity contribution in [2.75, 3.05) is 14.2 Å². The first-order chi connectivity index (χ1) is 13.5. The number of fused-ring (bicyclic) bond motifs is 5. The third-order valence-corrected chi connectivity index (χ3v) is 5.23. The molecule has 0 radical (unpaired) electrons. The molecule has 148 valence electrons. The average Bonchev–Trinajstić information content (AvgIpc) is 2.68. The summed E-state index contributed by atoms with van der Waals surface area (Å²) in [5.74, 6) is -0.930. The Morgan fingerprint density at radius 1 is 0.821 bits per heavy atom. The van der Waals surface area contributed by atoms with Crippen LogP contribution in [-0.4, -0.2) is 36.7 Å². The Balaban J connectivity index is 2.18. The molecule has 3 rings (SSSR count). The van der Waals surface area contributed by atoms with Crippen LogP contribution in [0.3, 0.4) is 0 Å². The molecule has 6 nitrogen and oxygen atoms in total. The SMILES string of the molecule is COC1=C2CCCCCC(=O)CCc3ccc(O)c(c3)C(=C(OC)C1=O)C2=O. The number of carbonyl (C=O) groups excluding carboxylic acids is 3. The molecule has 2 aliphatic rings. The number of hydrogen-bond donors (Lipinski definition) is 1. The van der Waals surface area contributed by atoms with Crippen LogP contribution in [0.1, 0.15) is 49.7 Å².